The molecule has 4 nitrogen and oxygen atoms in total. The largest absolute Gasteiger partial charge is 0.496 e. The van der Waals surface area contributed by atoms with Gasteiger partial charge in [0.15, 0.2) is 0 Å². The molecular formula is C23H22ClNO3. The monoisotopic (exact) mass is 395 g/mol. The first kappa shape index (κ1) is 19.9. The molecule has 5 heteroatoms. The number of ether oxygens (including phenoxy) is 2. The lowest BCUT2D eigenvalue weighted by molar-refractivity contribution is 0.0948. The SMILES string of the molecule is COc1ccc(C(=O)NCc2ccccc2Cl)cc1COCc1ccccc1. The van der Waals surface area contributed by atoms with E-state index in [2.05, 4.69) is 5.32 Å². The third-order valence-electron chi connectivity index (χ3n) is 4.31. The van der Waals surface area contributed by atoms with Crippen molar-refractivity contribution < 1.29 is 14.3 Å². The molecule has 0 saturated carbocycles. The number of rotatable bonds is 8. The summed E-state index contributed by atoms with van der Waals surface area (Å²) in [4.78, 5) is 12.5. The van der Waals surface area contributed by atoms with Gasteiger partial charge in [-0.2, -0.15) is 0 Å². The van der Waals surface area contributed by atoms with E-state index in [0.29, 0.717) is 36.1 Å². The summed E-state index contributed by atoms with van der Waals surface area (Å²) >= 11 is 6.14. The molecule has 3 aromatic carbocycles. The van der Waals surface area contributed by atoms with E-state index < -0.39 is 0 Å². The molecular weight excluding hydrogens is 374 g/mol. The fourth-order valence-corrected chi connectivity index (χ4v) is 3.01. The van der Waals surface area contributed by atoms with Crippen molar-refractivity contribution in [3.8, 4) is 5.75 Å². The molecule has 0 atom stereocenters. The van der Waals surface area contributed by atoms with Crippen LogP contribution in [0.4, 0.5) is 0 Å². The first-order valence-corrected chi connectivity index (χ1v) is 9.35. The number of halogens is 1. The fourth-order valence-electron chi connectivity index (χ4n) is 2.81. The molecule has 0 heterocycles. The van der Waals surface area contributed by atoms with Gasteiger partial charge >= 0.3 is 0 Å². The number of nitrogens with one attached hydrogen (secondary N) is 1. The van der Waals surface area contributed by atoms with Crippen LogP contribution in [0.25, 0.3) is 0 Å². The van der Waals surface area contributed by atoms with E-state index in [1.54, 1.807) is 31.4 Å². The fraction of sp³-hybridized carbons (Fsp3) is 0.174. The highest BCUT2D eigenvalue weighted by atomic mass is 35.5. The van der Waals surface area contributed by atoms with Gasteiger partial charge < -0.3 is 14.8 Å². The van der Waals surface area contributed by atoms with Gasteiger partial charge in [-0.1, -0.05) is 60.1 Å². The third-order valence-corrected chi connectivity index (χ3v) is 4.68. The number of hydrogen-bond acceptors (Lipinski definition) is 3. The van der Waals surface area contributed by atoms with E-state index in [9.17, 15) is 4.79 Å². The predicted octanol–water partition coefficient (Wildman–Crippen LogP) is 5.00. The molecule has 28 heavy (non-hydrogen) atoms. The quantitative estimate of drug-likeness (QED) is 0.584. The molecule has 0 aliphatic rings. The van der Waals surface area contributed by atoms with E-state index in [1.165, 1.54) is 0 Å². The van der Waals surface area contributed by atoms with Crippen LogP contribution in [-0.4, -0.2) is 13.0 Å². The zero-order valence-corrected chi connectivity index (χ0v) is 16.4. The van der Waals surface area contributed by atoms with E-state index in [4.69, 9.17) is 21.1 Å². The summed E-state index contributed by atoms with van der Waals surface area (Å²) in [6.07, 6.45) is 0. The Hall–Kier alpha value is -2.82. The summed E-state index contributed by atoms with van der Waals surface area (Å²) in [6.45, 7) is 1.21. The van der Waals surface area contributed by atoms with Crippen LogP contribution in [0, 0.1) is 0 Å². The van der Waals surface area contributed by atoms with Gasteiger partial charge in [0.1, 0.15) is 5.75 Å². The molecule has 0 radical (unpaired) electrons. The number of methoxy groups -OCH3 is 1. The smallest absolute Gasteiger partial charge is 0.251 e. The molecule has 0 spiro atoms. The maximum atomic E-state index is 12.5. The Morgan fingerprint density at radius 2 is 1.68 bits per heavy atom. The molecule has 3 aromatic rings. The lowest BCUT2D eigenvalue weighted by Gasteiger charge is -2.12. The summed E-state index contributed by atoms with van der Waals surface area (Å²) in [7, 11) is 1.60. The molecule has 3 rings (SSSR count). The predicted molar refractivity (Wildman–Crippen MR) is 111 cm³/mol. The van der Waals surface area contributed by atoms with Gasteiger partial charge in [-0.25, -0.2) is 0 Å². The van der Waals surface area contributed by atoms with Crippen molar-refractivity contribution in [2.45, 2.75) is 19.8 Å². The summed E-state index contributed by atoms with van der Waals surface area (Å²) in [5.74, 6) is 0.516. The first-order chi connectivity index (χ1) is 13.7. The number of hydrogen-bond donors (Lipinski definition) is 1. The zero-order chi connectivity index (χ0) is 19.8. The third kappa shape index (κ3) is 5.35. The molecule has 0 aliphatic carbocycles. The van der Waals surface area contributed by atoms with Crippen molar-refractivity contribution in [2.24, 2.45) is 0 Å². The van der Waals surface area contributed by atoms with Gasteiger partial charge in [-0.3, -0.25) is 4.79 Å². The Morgan fingerprint density at radius 1 is 0.929 bits per heavy atom. The molecule has 0 fully saturated rings. The Balaban J connectivity index is 1.64. The van der Waals surface area contributed by atoms with Crippen molar-refractivity contribution in [1.82, 2.24) is 5.32 Å². The highest BCUT2D eigenvalue weighted by Gasteiger charge is 2.11. The molecule has 0 aliphatic heterocycles. The molecule has 1 N–H and O–H groups in total. The van der Waals surface area contributed by atoms with Crippen LogP contribution in [0.15, 0.2) is 72.8 Å². The van der Waals surface area contributed by atoms with Crippen molar-refractivity contribution in [1.29, 1.82) is 0 Å². The summed E-state index contributed by atoms with van der Waals surface area (Å²) in [5, 5.41) is 3.53. The molecule has 1 amide bonds. The van der Waals surface area contributed by atoms with Gasteiger partial charge in [0.2, 0.25) is 0 Å². The lowest BCUT2D eigenvalue weighted by Crippen LogP contribution is -2.23. The van der Waals surface area contributed by atoms with E-state index in [1.807, 2.05) is 48.5 Å². The van der Waals surface area contributed by atoms with Crippen molar-refractivity contribution >= 4 is 17.5 Å². The van der Waals surface area contributed by atoms with Crippen molar-refractivity contribution in [3.05, 3.63) is 100 Å². The molecule has 0 unspecified atom stereocenters. The Bertz CT molecular complexity index is 928. The molecule has 0 bridgehead atoms. The second kappa shape index (κ2) is 9.93. The number of benzene rings is 3. The average Bonchev–Trinajstić information content (AvgIpc) is 2.73. The van der Waals surface area contributed by atoms with Crippen LogP contribution in [-0.2, 0) is 24.5 Å². The number of carbonyl (C=O) groups excluding carboxylic acids is 1. The topological polar surface area (TPSA) is 47.6 Å². The summed E-state index contributed by atoms with van der Waals surface area (Å²) < 4.78 is 11.2. The van der Waals surface area contributed by atoms with Gasteiger partial charge in [0.25, 0.3) is 5.91 Å². The Labute approximate surface area is 170 Å². The minimum absolute atomic E-state index is 0.174. The van der Waals surface area contributed by atoms with Crippen molar-refractivity contribution in [2.75, 3.05) is 7.11 Å². The van der Waals surface area contributed by atoms with E-state index in [0.717, 1.165) is 16.7 Å². The van der Waals surface area contributed by atoms with Gasteiger partial charge in [-0.05, 0) is 35.4 Å². The summed E-state index contributed by atoms with van der Waals surface area (Å²) in [5.41, 5.74) is 3.34. The van der Waals surface area contributed by atoms with Crippen LogP contribution in [0.3, 0.4) is 0 Å². The van der Waals surface area contributed by atoms with Gasteiger partial charge in [-0.15, -0.1) is 0 Å². The normalized spacial score (nSPS) is 10.5. The number of amides is 1. The van der Waals surface area contributed by atoms with Crippen LogP contribution >= 0.6 is 11.6 Å². The second-order valence-corrected chi connectivity index (χ2v) is 6.69. The standard InChI is InChI=1S/C23H22ClNO3/c1-27-22-12-11-18(23(26)25-14-19-9-5-6-10-21(19)24)13-20(22)16-28-15-17-7-3-2-4-8-17/h2-13H,14-16H2,1H3,(H,25,26). The Kier molecular flexibility index (Phi) is 7.06. The minimum atomic E-state index is -0.174. The van der Waals surface area contributed by atoms with E-state index >= 15 is 0 Å². The molecule has 144 valence electrons. The van der Waals surface area contributed by atoms with Gasteiger partial charge in [0.05, 0.1) is 20.3 Å². The van der Waals surface area contributed by atoms with Crippen LogP contribution in [0.2, 0.25) is 5.02 Å². The highest BCUT2D eigenvalue weighted by molar-refractivity contribution is 6.31. The first-order valence-electron chi connectivity index (χ1n) is 8.97. The molecule has 0 saturated heterocycles. The Morgan fingerprint density at radius 3 is 2.43 bits per heavy atom. The molecule has 0 aromatic heterocycles. The van der Waals surface area contributed by atoms with Crippen LogP contribution < -0.4 is 10.1 Å². The van der Waals surface area contributed by atoms with Crippen LogP contribution in [0.1, 0.15) is 27.0 Å². The zero-order valence-electron chi connectivity index (χ0n) is 15.7. The second-order valence-electron chi connectivity index (χ2n) is 6.28. The van der Waals surface area contributed by atoms with Crippen molar-refractivity contribution in [3.63, 3.8) is 0 Å². The maximum Gasteiger partial charge on any atom is 0.251 e. The van der Waals surface area contributed by atoms with Crippen LogP contribution in [0.5, 0.6) is 5.75 Å². The van der Waals surface area contributed by atoms with E-state index in [-0.39, 0.29) is 5.91 Å². The average molecular weight is 396 g/mol. The summed E-state index contributed by atoms with van der Waals surface area (Å²) in [6, 6.07) is 22.7. The lowest BCUT2D eigenvalue weighted by atomic mass is 10.1. The van der Waals surface area contributed by atoms with Gasteiger partial charge in [0, 0.05) is 22.7 Å². The number of carbonyl (C=O) groups is 1. The minimum Gasteiger partial charge on any atom is -0.496 e. The highest BCUT2D eigenvalue weighted by Crippen LogP contribution is 2.22. The maximum absolute atomic E-state index is 12.5.